The van der Waals surface area contributed by atoms with E-state index in [2.05, 4.69) is 63.4 Å². The third-order valence-corrected chi connectivity index (χ3v) is 5.02. The molecule has 0 saturated carbocycles. The molecule has 1 aromatic heterocycles. The molecule has 32 heavy (non-hydrogen) atoms. The van der Waals surface area contributed by atoms with E-state index in [1.54, 1.807) is 24.5 Å². The highest BCUT2D eigenvalue weighted by molar-refractivity contribution is 5.48. The monoisotopic (exact) mass is 444 g/mol. The Hall–Kier alpha value is -2.27. The first-order valence-corrected chi connectivity index (χ1v) is 11.7. The van der Waals surface area contributed by atoms with Gasteiger partial charge in [0, 0.05) is 30.0 Å². The lowest BCUT2D eigenvalue weighted by Gasteiger charge is -2.33. The van der Waals surface area contributed by atoms with Crippen LogP contribution >= 0.6 is 0 Å². The van der Waals surface area contributed by atoms with E-state index in [1.807, 2.05) is 19.1 Å². The van der Waals surface area contributed by atoms with Crippen molar-refractivity contribution < 1.29 is 4.39 Å². The summed E-state index contributed by atoms with van der Waals surface area (Å²) in [6.45, 7) is 18.8. The van der Waals surface area contributed by atoms with Gasteiger partial charge in [-0.15, -0.1) is 6.58 Å². The second kappa shape index (κ2) is 16.4. The first-order valence-electron chi connectivity index (χ1n) is 11.7. The van der Waals surface area contributed by atoms with Crippen molar-refractivity contribution in [1.82, 2.24) is 9.97 Å². The molecule has 0 amide bonds. The van der Waals surface area contributed by atoms with Gasteiger partial charge in [-0.2, -0.15) is 0 Å². The number of nitrogens with zero attached hydrogens (tertiary/aromatic N) is 2. The van der Waals surface area contributed by atoms with Gasteiger partial charge >= 0.3 is 0 Å². The van der Waals surface area contributed by atoms with E-state index in [1.165, 1.54) is 6.33 Å². The maximum Gasteiger partial charge on any atom is 0.146 e. The van der Waals surface area contributed by atoms with Crippen LogP contribution in [0.3, 0.4) is 0 Å². The molecule has 2 aromatic rings. The Balaban J connectivity index is 0.000000717. The zero-order chi connectivity index (χ0) is 24.6. The minimum absolute atomic E-state index is 0.0286. The molecule has 0 spiro atoms. The summed E-state index contributed by atoms with van der Waals surface area (Å²) < 4.78 is 14.3. The fourth-order valence-corrected chi connectivity index (χ4v) is 3.16. The molecule has 0 radical (unpaired) electrons. The molecule has 2 rings (SSSR count). The summed E-state index contributed by atoms with van der Waals surface area (Å²) in [5.41, 5.74) is 7.90. The molecule has 1 atom stereocenters. The Bertz CT molecular complexity index is 747. The highest BCUT2D eigenvalue weighted by Gasteiger charge is 2.24. The summed E-state index contributed by atoms with van der Waals surface area (Å²) in [5, 5.41) is 3.47. The minimum Gasteiger partial charge on any atom is -0.378 e. The number of allylic oxidation sites excluding steroid dienone is 1. The van der Waals surface area contributed by atoms with Gasteiger partial charge in [-0.3, -0.25) is 0 Å². The number of aromatic nitrogens is 2. The Morgan fingerprint density at radius 2 is 1.75 bits per heavy atom. The van der Waals surface area contributed by atoms with E-state index in [4.69, 9.17) is 5.73 Å². The van der Waals surface area contributed by atoms with E-state index >= 15 is 0 Å². The molecule has 0 aliphatic rings. The maximum absolute atomic E-state index is 14.3. The van der Waals surface area contributed by atoms with Crippen molar-refractivity contribution in [2.24, 2.45) is 11.7 Å². The maximum atomic E-state index is 14.3. The number of hydrogen-bond donors (Lipinski definition) is 2. The SMILES string of the molecule is C=CC.CCCC(C)(CCC(C)C)Nc1ccc(C(C)C)cc1F.NCc1cncnc1. The zero-order valence-electron chi connectivity index (χ0n) is 21.3. The number of benzene rings is 1. The van der Waals surface area contributed by atoms with Crippen molar-refractivity contribution in [2.45, 2.75) is 92.2 Å². The molecule has 0 fully saturated rings. The predicted molar refractivity (Wildman–Crippen MR) is 137 cm³/mol. The molecule has 1 aromatic carbocycles. The molecule has 3 N–H and O–H groups in total. The van der Waals surface area contributed by atoms with Gasteiger partial charge in [0.15, 0.2) is 0 Å². The summed E-state index contributed by atoms with van der Waals surface area (Å²) >= 11 is 0. The van der Waals surface area contributed by atoms with Crippen molar-refractivity contribution in [2.75, 3.05) is 5.32 Å². The van der Waals surface area contributed by atoms with Gasteiger partial charge in [-0.25, -0.2) is 14.4 Å². The first kappa shape index (κ1) is 29.7. The van der Waals surface area contributed by atoms with Gasteiger partial charge in [0.05, 0.1) is 5.69 Å². The topological polar surface area (TPSA) is 63.8 Å². The lowest BCUT2D eigenvalue weighted by atomic mass is 9.87. The lowest BCUT2D eigenvalue weighted by Crippen LogP contribution is -2.35. The van der Waals surface area contributed by atoms with E-state index in [0.717, 1.165) is 36.8 Å². The molecule has 1 heterocycles. The summed E-state index contributed by atoms with van der Waals surface area (Å²) in [7, 11) is 0. The van der Waals surface area contributed by atoms with Gasteiger partial charge in [0.1, 0.15) is 12.1 Å². The lowest BCUT2D eigenvalue weighted by molar-refractivity contribution is 0.386. The zero-order valence-corrected chi connectivity index (χ0v) is 21.3. The average Bonchev–Trinajstić information content (AvgIpc) is 2.75. The van der Waals surface area contributed by atoms with E-state index in [0.29, 0.717) is 24.1 Å². The van der Waals surface area contributed by atoms with E-state index < -0.39 is 0 Å². The Morgan fingerprint density at radius 1 is 1.16 bits per heavy atom. The van der Waals surface area contributed by atoms with Crippen molar-refractivity contribution in [3.63, 3.8) is 0 Å². The van der Waals surface area contributed by atoms with Gasteiger partial charge in [0.2, 0.25) is 0 Å². The van der Waals surface area contributed by atoms with Crippen LogP contribution in [0.4, 0.5) is 10.1 Å². The number of hydrogen-bond acceptors (Lipinski definition) is 4. The molecule has 0 bridgehead atoms. The molecule has 1 unspecified atom stereocenters. The summed E-state index contributed by atoms with van der Waals surface area (Å²) in [6.07, 6.45) is 11.0. The number of anilines is 1. The fourth-order valence-electron chi connectivity index (χ4n) is 3.16. The van der Waals surface area contributed by atoms with Crippen LogP contribution in [0.25, 0.3) is 0 Å². The fraction of sp³-hybridized carbons (Fsp3) is 0.556. The average molecular weight is 445 g/mol. The Labute approximate surface area is 196 Å². The second-order valence-electron chi connectivity index (χ2n) is 9.12. The molecule has 5 heteroatoms. The van der Waals surface area contributed by atoms with Crippen LogP contribution in [-0.4, -0.2) is 15.5 Å². The molecule has 4 nitrogen and oxygen atoms in total. The molecule has 0 aliphatic carbocycles. The number of nitrogens with one attached hydrogen (secondary N) is 1. The van der Waals surface area contributed by atoms with Gasteiger partial charge in [-0.05, 0) is 62.6 Å². The second-order valence-corrected chi connectivity index (χ2v) is 9.12. The van der Waals surface area contributed by atoms with Crippen molar-refractivity contribution in [1.29, 1.82) is 0 Å². The summed E-state index contributed by atoms with van der Waals surface area (Å²) in [6, 6.07) is 5.60. The van der Waals surface area contributed by atoms with Crippen LogP contribution in [-0.2, 0) is 6.54 Å². The normalized spacial score (nSPS) is 12.2. The van der Waals surface area contributed by atoms with Crippen LogP contribution in [0.2, 0.25) is 0 Å². The van der Waals surface area contributed by atoms with E-state index in [9.17, 15) is 4.39 Å². The van der Waals surface area contributed by atoms with Crippen molar-refractivity contribution in [3.05, 3.63) is 66.5 Å². The van der Waals surface area contributed by atoms with Gasteiger partial charge in [-0.1, -0.05) is 53.2 Å². The molecular weight excluding hydrogens is 399 g/mol. The minimum atomic E-state index is -0.131. The van der Waals surface area contributed by atoms with Crippen LogP contribution in [0.15, 0.2) is 49.6 Å². The standard InChI is InChI=1S/C19H32FN.C5H7N3.C3H6/c1-7-11-19(6,12-10-14(2)3)21-18-9-8-16(15(4)5)13-17(18)20;6-1-5-2-7-4-8-3-5;1-3-2/h8-9,13-15,21H,7,10-12H2,1-6H3;2-4H,1,6H2;3H,1H2,2H3. The quantitative estimate of drug-likeness (QED) is 0.393. The van der Waals surface area contributed by atoms with E-state index in [-0.39, 0.29) is 11.4 Å². The third-order valence-electron chi connectivity index (χ3n) is 5.02. The van der Waals surface area contributed by atoms with Crippen LogP contribution in [0, 0.1) is 11.7 Å². The molecule has 180 valence electrons. The van der Waals surface area contributed by atoms with Gasteiger partial charge in [0.25, 0.3) is 0 Å². The van der Waals surface area contributed by atoms with Crippen molar-refractivity contribution >= 4 is 5.69 Å². The summed E-state index contributed by atoms with van der Waals surface area (Å²) in [4.78, 5) is 7.53. The van der Waals surface area contributed by atoms with Gasteiger partial charge < -0.3 is 11.1 Å². The van der Waals surface area contributed by atoms with Crippen molar-refractivity contribution in [3.8, 4) is 0 Å². The Morgan fingerprint density at radius 3 is 2.16 bits per heavy atom. The highest BCUT2D eigenvalue weighted by Crippen LogP contribution is 2.29. The molecule has 0 saturated heterocycles. The summed E-state index contributed by atoms with van der Waals surface area (Å²) in [5.74, 6) is 0.903. The molecular formula is C27H45FN4. The van der Waals surface area contributed by atoms with Crippen LogP contribution in [0.5, 0.6) is 0 Å². The van der Waals surface area contributed by atoms with Crippen LogP contribution < -0.4 is 11.1 Å². The number of rotatable bonds is 9. The third kappa shape index (κ3) is 12.6. The van der Waals surface area contributed by atoms with Crippen LogP contribution in [0.1, 0.15) is 91.2 Å². The smallest absolute Gasteiger partial charge is 0.146 e. The molecule has 0 aliphatic heterocycles. The highest BCUT2D eigenvalue weighted by atomic mass is 19.1. The Kier molecular flexibility index (Phi) is 15.2. The number of nitrogens with two attached hydrogens (primary N) is 1. The predicted octanol–water partition coefficient (Wildman–Crippen LogP) is 7.48. The first-order chi connectivity index (χ1) is 15.1. The largest absolute Gasteiger partial charge is 0.378 e. The number of halogens is 1.